The molecule has 436 valence electrons. The van der Waals surface area contributed by atoms with Gasteiger partial charge in [0.2, 0.25) is 24.4 Å². The van der Waals surface area contributed by atoms with Crippen molar-refractivity contribution >= 4 is 71.1 Å². The lowest BCUT2D eigenvalue weighted by Gasteiger charge is -2.35. The van der Waals surface area contributed by atoms with E-state index in [-0.39, 0.29) is 40.1 Å². The number of phosphoric acid groups is 3. The van der Waals surface area contributed by atoms with Gasteiger partial charge in [-0.25, -0.2) is 38.0 Å². The first-order valence-electron chi connectivity index (χ1n) is 23.3. The van der Waals surface area contributed by atoms with Gasteiger partial charge in [-0.05, 0) is 13.8 Å². The summed E-state index contributed by atoms with van der Waals surface area (Å²) >= 11 is 0. The number of hydrogen-bond acceptors (Lipinski definition) is 27. The number of nitrogens with two attached hydrogens (primary N) is 1. The van der Waals surface area contributed by atoms with Crippen molar-refractivity contribution < 1.29 is 104 Å². The van der Waals surface area contributed by atoms with Crippen LogP contribution in [0.4, 0.5) is 11.8 Å². The molecule has 0 saturated carbocycles. The highest BCUT2D eigenvalue weighted by Gasteiger charge is 2.55. The molecule has 6 unspecified atom stereocenters. The molecule has 5 aromatic heterocycles. The smallest absolute Gasteiger partial charge is 0.490 e. The van der Waals surface area contributed by atoms with E-state index in [2.05, 4.69) is 38.9 Å². The van der Waals surface area contributed by atoms with Crippen molar-refractivity contribution in [3.8, 4) is 0 Å². The summed E-state index contributed by atoms with van der Waals surface area (Å²) in [6.45, 7) is 0.0921. The van der Waals surface area contributed by atoms with E-state index >= 15 is 0 Å². The lowest BCUT2D eigenvalue weighted by Crippen LogP contribution is -2.40. The Hall–Kier alpha value is -5.07. The standard InChI is InChI=1S/C38H55N13O24P4/c1-16(2)43-37-45-32-24(33(57)46-37)48(5)15-51(32)34-25(54)17(9-22(53)47(3)4)18(71-34)10-69-77(61,62)74-79(65,66)75-78(63,64)70-12-20-29(28(67-6)36(73-20)50-14-42-23-30(39)40-13-41-31(23)50)76(59,60)68-11-19-26(55)27(56)35(72-19)49-8-7-21(52)44-38(49)58/h7-8,13-20,25-29,34-36,54-56H,9-12H2,1-6H3,(H8-,39,40,41,43,44,45,46,52,57,58,59,60,61,62,63,64,65,66)/t17-,18-,19-,20?,25-,26-,27-,28-,29-,34?,35-,36-/m1/s1. The third-order valence-corrected chi connectivity index (χ3v) is 18.7. The van der Waals surface area contributed by atoms with E-state index < -0.39 is 153 Å². The van der Waals surface area contributed by atoms with E-state index in [0.29, 0.717) is 0 Å². The second-order valence-electron chi connectivity index (χ2n) is 18.6. The van der Waals surface area contributed by atoms with Crippen molar-refractivity contribution in [3.63, 3.8) is 0 Å². The molecule has 3 saturated heterocycles. The molecule has 11 N–H and O–H groups in total. The molecular formula is C38H55N13O24P4. The molecule has 0 aliphatic carbocycles. The highest BCUT2D eigenvalue weighted by atomic mass is 31.3. The highest BCUT2D eigenvalue weighted by Crippen LogP contribution is 2.68. The Bertz CT molecular complexity index is 3470. The van der Waals surface area contributed by atoms with Crippen LogP contribution in [0, 0.1) is 5.92 Å². The van der Waals surface area contributed by atoms with Gasteiger partial charge < -0.3 is 78.9 Å². The SMILES string of the molecule is CO[C@H]1[C@H](n2cnc3c(N)ncnc32)OC(COP(=O)(O)OP(=O)(O)OP(=O)(O)OC[C@H]2OC(n3c[n+](C)c4c(=O)[nH]c(NC(C)C)nc43)[C@H](O)[C@@H]2CC(=O)N(C)C)[C@H]1P(=O)([O-])OC[C@H]1O[C@@H](n2ccc(=O)[nH]c2=O)[C@H](O)[C@@H]1O. The van der Waals surface area contributed by atoms with Crippen LogP contribution in [0.3, 0.4) is 0 Å². The minimum atomic E-state index is -6.26. The van der Waals surface area contributed by atoms with Crippen LogP contribution < -0.4 is 37.3 Å². The van der Waals surface area contributed by atoms with Gasteiger partial charge in [-0.1, -0.05) is 0 Å². The summed E-state index contributed by atoms with van der Waals surface area (Å²) in [6, 6.07) is 0.737. The summed E-state index contributed by atoms with van der Waals surface area (Å²) in [5.74, 6) is -1.83. The van der Waals surface area contributed by atoms with E-state index in [9.17, 15) is 72.3 Å². The molecule has 8 rings (SSSR count). The van der Waals surface area contributed by atoms with Crippen LogP contribution in [0.15, 0.2) is 45.6 Å². The monoisotopic (exact) mass is 1200 g/mol. The third kappa shape index (κ3) is 12.9. The number of ether oxygens (including phenoxy) is 4. The van der Waals surface area contributed by atoms with Crippen molar-refractivity contribution in [1.29, 1.82) is 0 Å². The number of aromatic nitrogens is 10. The van der Waals surface area contributed by atoms with Crippen LogP contribution in [-0.2, 0) is 71.2 Å². The zero-order valence-corrected chi connectivity index (χ0v) is 45.7. The van der Waals surface area contributed by atoms with E-state index in [0.717, 1.165) is 41.2 Å². The Balaban J connectivity index is 0.971. The summed E-state index contributed by atoms with van der Waals surface area (Å²) in [5, 5.41) is 36.1. The number of carbonyl (C=O) groups is 1. The predicted octanol–water partition coefficient (Wildman–Crippen LogP) is -3.47. The fourth-order valence-corrected chi connectivity index (χ4v) is 14.3. The van der Waals surface area contributed by atoms with Gasteiger partial charge in [0.1, 0.15) is 50.0 Å². The molecule has 16 atom stereocenters. The van der Waals surface area contributed by atoms with Crippen LogP contribution in [0.1, 0.15) is 39.0 Å². The number of phosphoric ester groups is 2. The summed E-state index contributed by atoms with van der Waals surface area (Å²) in [7, 11) is -18.4. The van der Waals surface area contributed by atoms with Crippen LogP contribution in [-0.4, -0.2) is 180 Å². The van der Waals surface area contributed by atoms with Crippen molar-refractivity contribution in [2.24, 2.45) is 13.0 Å². The zero-order valence-electron chi connectivity index (χ0n) is 42.1. The van der Waals surface area contributed by atoms with Gasteiger partial charge in [0.05, 0.1) is 51.1 Å². The number of methoxy groups -OCH3 is 1. The van der Waals surface area contributed by atoms with Gasteiger partial charge in [-0.3, -0.25) is 42.5 Å². The summed E-state index contributed by atoms with van der Waals surface area (Å²) in [6.07, 6.45) is -12.9. The topological polar surface area (TPSA) is 507 Å². The first-order valence-corrected chi connectivity index (χ1v) is 29.4. The maximum atomic E-state index is 14.2. The fraction of sp³-hybridized carbons (Fsp3) is 0.605. The largest absolute Gasteiger partial charge is 0.778 e. The van der Waals surface area contributed by atoms with Gasteiger partial charge in [0.25, 0.3) is 16.7 Å². The molecule has 3 fully saturated rings. The van der Waals surface area contributed by atoms with Crippen LogP contribution >= 0.6 is 31.1 Å². The van der Waals surface area contributed by atoms with E-state index in [1.807, 2.05) is 4.98 Å². The Labute approximate surface area is 443 Å². The number of amides is 1. The average molecular weight is 1200 g/mol. The first kappa shape index (κ1) is 60.0. The van der Waals surface area contributed by atoms with Crippen LogP contribution in [0.5, 0.6) is 0 Å². The maximum Gasteiger partial charge on any atom is 0.490 e. The van der Waals surface area contributed by atoms with Crippen molar-refractivity contribution in [1.82, 2.24) is 48.5 Å². The molecule has 5 aromatic rings. The molecule has 1 amide bonds. The van der Waals surface area contributed by atoms with Gasteiger partial charge in [0.15, 0.2) is 23.9 Å². The zero-order chi connectivity index (χ0) is 57.8. The molecule has 41 heteroatoms. The van der Waals surface area contributed by atoms with Crippen molar-refractivity contribution in [3.05, 3.63) is 62.4 Å². The first-order chi connectivity index (χ1) is 36.9. The van der Waals surface area contributed by atoms with Crippen LogP contribution in [0.2, 0.25) is 0 Å². The minimum absolute atomic E-state index is 0.00993. The summed E-state index contributed by atoms with van der Waals surface area (Å²) in [4.78, 5) is 119. The summed E-state index contributed by atoms with van der Waals surface area (Å²) in [5.41, 5.74) is 1.45. The molecular weight excluding hydrogens is 1150 g/mol. The number of rotatable bonds is 22. The number of aliphatic hydroxyl groups is 3. The molecule has 37 nitrogen and oxygen atoms in total. The number of nitrogen functional groups attached to an aromatic ring is 1. The second-order valence-corrected chi connectivity index (χ2v) is 25.2. The number of carbonyl (C=O) groups excluding carboxylic acids is 1. The number of anilines is 2. The number of imidazole rings is 2. The maximum absolute atomic E-state index is 14.2. The van der Waals surface area contributed by atoms with E-state index in [1.54, 1.807) is 13.8 Å². The number of nitrogens with zero attached hydrogens (tertiary/aromatic N) is 9. The molecule has 3 aliphatic rings. The Morgan fingerprint density at radius 3 is 2.10 bits per heavy atom. The van der Waals surface area contributed by atoms with Gasteiger partial charge >= 0.3 is 34.7 Å². The molecule has 0 aromatic carbocycles. The minimum Gasteiger partial charge on any atom is -0.778 e. The van der Waals surface area contributed by atoms with Crippen molar-refractivity contribution in [2.45, 2.75) is 93.4 Å². The quantitative estimate of drug-likeness (QED) is 0.0238. The van der Waals surface area contributed by atoms with Gasteiger partial charge in [0, 0.05) is 51.8 Å². The normalized spacial score (nSPS) is 29.4. The lowest BCUT2D eigenvalue weighted by atomic mass is 9.94. The molecule has 3 aliphatic heterocycles. The number of aliphatic hydroxyl groups excluding tert-OH is 3. The second kappa shape index (κ2) is 23.1. The lowest BCUT2D eigenvalue weighted by molar-refractivity contribution is -0.646. The van der Waals surface area contributed by atoms with E-state index in [1.165, 1.54) is 41.5 Å². The van der Waals surface area contributed by atoms with E-state index in [4.69, 9.17) is 38.3 Å². The Kier molecular flexibility index (Phi) is 17.5. The Morgan fingerprint density at radius 1 is 0.848 bits per heavy atom. The average Bonchev–Trinajstić information content (AvgIpc) is 4.30. The Morgan fingerprint density at radius 2 is 1.47 bits per heavy atom. The number of nitrogens with one attached hydrogen (secondary N) is 3. The number of hydrogen-bond donors (Lipinski definition) is 10. The molecule has 0 spiro atoms. The number of aromatic amines is 2. The highest BCUT2D eigenvalue weighted by molar-refractivity contribution is 7.66. The predicted molar refractivity (Wildman–Crippen MR) is 260 cm³/mol. The number of H-pyrrole nitrogens is 2. The van der Waals surface area contributed by atoms with Gasteiger partial charge in [-0.2, -0.15) is 18.2 Å². The van der Waals surface area contributed by atoms with Gasteiger partial charge in [-0.15, -0.1) is 0 Å². The van der Waals surface area contributed by atoms with Crippen molar-refractivity contribution in [2.75, 3.05) is 52.1 Å². The molecule has 8 heterocycles. The molecule has 79 heavy (non-hydrogen) atoms. The fourth-order valence-electron chi connectivity index (χ4n) is 9.02. The molecule has 0 radical (unpaired) electrons. The summed E-state index contributed by atoms with van der Waals surface area (Å²) < 4.78 is 105. The number of fused-ring (bicyclic) bond motifs is 2. The number of aryl methyl sites for hydroxylation is 1. The third-order valence-electron chi connectivity index (χ3n) is 12.6. The van der Waals surface area contributed by atoms with Crippen LogP contribution in [0.25, 0.3) is 22.3 Å². The molecule has 0 bridgehead atoms.